The molecule has 6 heteroatoms. The first-order valence-electron chi connectivity index (χ1n) is 5.86. The van der Waals surface area contributed by atoms with E-state index in [0.717, 1.165) is 17.0 Å². The van der Waals surface area contributed by atoms with Crippen LogP contribution in [0, 0.1) is 13.8 Å². The summed E-state index contributed by atoms with van der Waals surface area (Å²) in [5.74, 6) is -0.192. The average Bonchev–Trinajstić information content (AvgIpc) is 2.54. The van der Waals surface area contributed by atoms with Crippen molar-refractivity contribution in [2.75, 3.05) is 13.2 Å². The van der Waals surface area contributed by atoms with Crippen LogP contribution >= 0.6 is 0 Å². The lowest BCUT2D eigenvalue weighted by molar-refractivity contribution is -0.122. The molecule has 0 bridgehead atoms. The Kier molecular flexibility index (Phi) is 4.48. The maximum atomic E-state index is 11.7. The number of amides is 1. The number of aryl methyl sites for hydroxylation is 2. The Labute approximate surface area is 107 Å². The summed E-state index contributed by atoms with van der Waals surface area (Å²) in [5, 5.41) is 25.3. The van der Waals surface area contributed by atoms with Gasteiger partial charge in [0.05, 0.1) is 18.7 Å². The molecule has 0 saturated carbocycles. The third-order valence-corrected chi connectivity index (χ3v) is 3.00. The molecule has 1 rings (SSSR count). The fourth-order valence-corrected chi connectivity index (χ4v) is 1.64. The third-order valence-electron chi connectivity index (χ3n) is 3.00. The zero-order chi connectivity index (χ0) is 13.9. The first kappa shape index (κ1) is 14.7. The first-order chi connectivity index (χ1) is 8.26. The fraction of sp³-hybridized carbons (Fsp3) is 0.667. The van der Waals surface area contributed by atoms with Gasteiger partial charge >= 0.3 is 0 Å². The summed E-state index contributed by atoms with van der Waals surface area (Å²) in [6.07, 6.45) is 0.229. The van der Waals surface area contributed by atoms with E-state index in [1.807, 2.05) is 20.9 Å². The van der Waals surface area contributed by atoms with Crippen LogP contribution in [-0.4, -0.2) is 44.7 Å². The molecular formula is C12H21N3O3. The van der Waals surface area contributed by atoms with Crippen LogP contribution in [0.3, 0.4) is 0 Å². The summed E-state index contributed by atoms with van der Waals surface area (Å²) in [4.78, 5) is 11.7. The maximum absolute atomic E-state index is 11.7. The second-order valence-corrected chi connectivity index (χ2v) is 4.88. The summed E-state index contributed by atoms with van der Waals surface area (Å²) in [7, 11) is 1.83. The molecule has 1 aromatic heterocycles. The highest BCUT2D eigenvalue weighted by molar-refractivity contribution is 5.79. The third kappa shape index (κ3) is 3.54. The van der Waals surface area contributed by atoms with Crippen LogP contribution in [0.2, 0.25) is 0 Å². The van der Waals surface area contributed by atoms with Crippen LogP contribution in [0.5, 0.6) is 0 Å². The van der Waals surface area contributed by atoms with Gasteiger partial charge in [0.15, 0.2) is 0 Å². The van der Waals surface area contributed by atoms with Crippen molar-refractivity contribution >= 4 is 5.91 Å². The lowest BCUT2D eigenvalue weighted by atomic mass is 10.1. The van der Waals surface area contributed by atoms with Crippen LogP contribution in [0.25, 0.3) is 0 Å². The summed E-state index contributed by atoms with van der Waals surface area (Å²) in [6, 6.07) is 0. The van der Waals surface area contributed by atoms with Gasteiger partial charge in [0.2, 0.25) is 5.91 Å². The highest BCUT2D eigenvalue weighted by atomic mass is 16.3. The number of carbonyl (C=O) groups excluding carboxylic acids is 1. The molecule has 18 heavy (non-hydrogen) atoms. The second kappa shape index (κ2) is 5.49. The van der Waals surface area contributed by atoms with Crippen LogP contribution in [0.4, 0.5) is 0 Å². The number of aromatic nitrogens is 2. The van der Waals surface area contributed by atoms with Crippen molar-refractivity contribution in [1.82, 2.24) is 15.1 Å². The van der Waals surface area contributed by atoms with Crippen LogP contribution in [0.15, 0.2) is 0 Å². The predicted molar refractivity (Wildman–Crippen MR) is 67.1 cm³/mol. The standard InChI is InChI=1S/C12H21N3O3/c1-8-10(9(2)15(4)14-8)5-11(17)13-6-12(3,18)7-16/h16,18H,5-7H2,1-4H3,(H,13,17). The number of aliphatic hydroxyl groups is 2. The maximum Gasteiger partial charge on any atom is 0.224 e. The van der Waals surface area contributed by atoms with E-state index < -0.39 is 12.2 Å². The summed E-state index contributed by atoms with van der Waals surface area (Å²) < 4.78 is 1.74. The Balaban J connectivity index is 2.60. The minimum Gasteiger partial charge on any atom is -0.393 e. The molecule has 1 atom stereocenters. The molecule has 1 aromatic rings. The number of rotatable bonds is 5. The lowest BCUT2D eigenvalue weighted by Gasteiger charge is -2.20. The number of carbonyl (C=O) groups is 1. The molecule has 0 aliphatic heterocycles. The van der Waals surface area contributed by atoms with E-state index in [-0.39, 0.29) is 18.9 Å². The quantitative estimate of drug-likeness (QED) is 0.658. The number of hydrogen-bond acceptors (Lipinski definition) is 4. The molecule has 0 aliphatic rings. The molecule has 0 radical (unpaired) electrons. The zero-order valence-electron chi connectivity index (χ0n) is 11.3. The molecule has 1 amide bonds. The van der Waals surface area contributed by atoms with Gasteiger partial charge in [-0.2, -0.15) is 5.10 Å². The van der Waals surface area contributed by atoms with Gasteiger partial charge in [-0.1, -0.05) is 0 Å². The number of aliphatic hydroxyl groups excluding tert-OH is 1. The molecule has 1 heterocycles. The summed E-state index contributed by atoms with van der Waals surface area (Å²) in [6.45, 7) is 4.87. The summed E-state index contributed by atoms with van der Waals surface area (Å²) >= 11 is 0. The van der Waals surface area contributed by atoms with E-state index in [0.29, 0.717) is 0 Å². The van der Waals surface area contributed by atoms with Gasteiger partial charge in [0.25, 0.3) is 0 Å². The fourth-order valence-electron chi connectivity index (χ4n) is 1.64. The Hall–Kier alpha value is -1.40. The highest BCUT2D eigenvalue weighted by Crippen LogP contribution is 2.12. The van der Waals surface area contributed by atoms with E-state index in [9.17, 15) is 9.90 Å². The first-order valence-corrected chi connectivity index (χ1v) is 5.86. The SMILES string of the molecule is Cc1nn(C)c(C)c1CC(=O)NCC(C)(O)CO. The minimum absolute atomic E-state index is 0.0285. The molecule has 1 unspecified atom stereocenters. The highest BCUT2D eigenvalue weighted by Gasteiger charge is 2.20. The topological polar surface area (TPSA) is 87.4 Å². The van der Waals surface area contributed by atoms with E-state index in [4.69, 9.17) is 5.11 Å². The zero-order valence-corrected chi connectivity index (χ0v) is 11.3. The molecule has 0 aromatic carbocycles. The number of hydrogen-bond donors (Lipinski definition) is 3. The van der Waals surface area contributed by atoms with Crippen molar-refractivity contribution in [3.63, 3.8) is 0 Å². The molecule has 0 saturated heterocycles. The molecule has 6 nitrogen and oxygen atoms in total. The lowest BCUT2D eigenvalue weighted by Crippen LogP contribution is -2.43. The van der Waals surface area contributed by atoms with Gasteiger partial charge in [-0.3, -0.25) is 9.48 Å². The van der Waals surface area contributed by atoms with E-state index >= 15 is 0 Å². The number of nitrogens with one attached hydrogen (secondary N) is 1. The Morgan fingerprint density at radius 1 is 1.50 bits per heavy atom. The van der Waals surface area contributed by atoms with Gasteiger partial charge in [0.1, 0.15) is 5.60 Å². The second-order valence-electron chi connectivity index (χ2n) is 4.88. The molecule has 0 aliphatic carbocycles. The molecule has 3 N–H and O–H groups in total. The van der Waals surface area contributed by atoms with E-state index in [1.165, 1.54) is 6.92 Å². The Bertz CT molecular complexity index is 438. The largest absolute Gasteiger partial charge is 0.393 e. The van der Waals surface area contributed by atoms with Gasteiger partial charge < -0.3 is 15.5 Å². The minimum atomic E-state index is -1.28. The Morgan fingerprint density at radius 2 is 2.11 bits per heavy atom. The molecular weight excluding hydrogens is 234 g/mol. The van der Waals surface area contributed by atoms with Crippen molar-refractivity contribution in [3.05, 3.63) is 17.0 Å². The Morgan fingerprint density at radius 3 is 2.56 bits per heavy atom. The molecule has 0 spiro atoms. The van der Waals surface area contributed by atoms with Crippen molar-refractivity contribution in [2.45, 2.75) is 32.8 Å². The predicted octanol–water partition coefficient (Wildman–Crippen LogP) is -0.561. The molecule has 102 valence electrons. The smallest absolute Gasteiger partial charge is 0.224 e. The normalized spacial score (nSPS) is 14.3. The van der Waals surface area contributed by atoms with Crippen LogP contribution < -0.4 is 5.32 Å². The van der Waals surface area contributed by atoms with E-state index in [1.54, 1.807) is 4.68 Å². The van der Waals surface area contributed by atoms with Crippen molar-refractivity contribution in [3.8, 4) is 0 Å². The van der Waals surface area contributed by atoms with Crippen LogP contribution in [0.1, 0.15) is 23.9 Å². The van der Waals surface area contributed by atoms with Gasteiger partial charge in [-0.15, -0.1) is 0 Å². The van der Waals surface area contributed by atoms with Gasteiger partial charge in [-0.05, 0) is 20.8 Å². The molecule has 0 fully saturated rings. The monoisotopic (exact) mass is 255 g/mol. The average molecular weight is 255 g/mol. The van der Waals surface area contributed by atoms with Crippen molar-refractivity contribution in [2.24, 2.45) is 7.05 Å². The van der Waals surface area contributed by atoms with Crippen molar-refractivity contribution < 1.29 is 15.0 Å². The van der Waals surface area contributed by atoms with Crippen molar-refractivity contribution in [1.29, 1.82) is 0 Å². The van der Waals surface area contributed by atoms with Crippen LogP contribution in [-0.2, 0) is 18.3 Å². The number of nitrogens with zero attached hydrogens (tertiary/aromatic N) is 2. The van der Waals surface area contributed by atoms with E-state index in [2.05, 4.69) is 10.4 Å². The van der Waals surface area contributed by atoms with Gasteiger partial charge in [-0.25, -0.2) is 0 Å². The summed E-state index contributed by atoms with van der Waals surface area (Å²) in [5.41, 5.74) is 1.41. The van der Waals surface area contributed by atoms with Gasteiger partial charge in [0, 0.05) is 24.8 Å².